The Kier molecular flexibility index (Phi) is 6.54. The van der Waals surface area contributed by atoms with E-state index >= 15 is 4.39 Å². The number of ether oxygens (including phenoxy) is 2. The van der Waals surface area contributed by atoms with Crippen molar-refractivity contribution in [3.05, 3.63) is 47.5 Å². The number of imidazole rings is 1. The molecule has 5 atom stereocenters. The lowest BCUT2D eigenvalue weighted by Crippen LogP contribution is -2.53. The van der Waals surface area contributed by atoms with E-state index in [4.69, 9.17) is 21.1 Å². The summed E-state index contributed by atoms with van der Waals surface area (Å²) in [4.78, 5) is 37.2. The van der Waals surface area contributed by atoms with Crippen LogP contribution in [0.1, 0.15) is 37.5 Å². The van der Waals surface area contributed by atoms with E-state index in [-0.39, 0.29) is 10.9 Å². The van der Waals surface area contributed by atoms with Gasteiger partial charge in [-0.15, -0.1) is 11.8 Å². The number of aliphatic carboxylic acids is 2. The number of hydrogen-bond acceptors (Lipinski definition) is 9. The van der Waals surface area contributed by atoms with Crippen LogP contribution in [0.2, 0.25) is 5.28 Å². The first-order chi connectivity index (χ1) is 18.6. The van der Waals surface area contributed by atoms with Gasteiger partial charge in [-0.25, -0.2) is 23.9 Å². The first-order valence-corrected chi connectivity index (χ1v) is 13.7. The van der Waals surface area contributed by atoms with Gasteiger partial charge in [0, 0.05) is 11.7 Å². The average molecular weight is 579 g/mol. The van der Waals surface area contributed by atoms with Gasteiger partial charge >= 0.3 is 11.9 Å². The Hall–Kier alpha value is -2.84. The number of benzene rings is 1. The number of carbonyl (C=O) groups is 2. The van der Waals surface area contributed by atoms with Crippen molar-refractivity contribution < 1.29 is 38.8 Å². The largest absolute Gasteiger partial charge is 0.479 e. The molecule has 1 aromatic carbocycles. The summed E-state index contributed by atoms with van der Waals surface area (Å²) in [6.45, 7) is 0. The van der Waals surface area contributed by atoms with Crippen LogP contribution in [-0.4, -0.2) is 81.6 Å². The third-order valence-corrected chi connectivity index (χ3v) is 9.07. The van der Waals surface area contributed by atoms with Gasteiger partial charge in [0.05, 0.1) is 6.33 Å². The fourth-order valence-corrected chi connectivity index (χ4v) is 6.91. The number of aliphatic hydroxyl groups is 1. The van der Waals surface area contributed by atoms with Crippen molar-refractivity contribution in [3.8, 4) is 0 Å². The molecule has 0 radical (unpaired) electrons. The SMILES string of the molecule is O=C(O)C(Cc1ccccc1)(OC1[C@H]2O[C@@H](n3cnc4c(SC5CCCC5)nc(Cl)nc43)[C@@H](F)[C@@]12O)C(=O)O. The molecular formula is C25H24ClFN4O7S. The summed E-state index contributed by atoms with van der Waals surface area (Å²) in [7, 11) is 0. The lowest BCUT2D eigenvalue weighted by molar-refractivity contribution is -0.194. The first kappa shape index (κ1) is 26.4. The Bertz CT molecular complexity index is 1420. The molecule has 0 spiro atoms. The second-order valence-corrected chi connectivity index (χ2v) is 11.6. The van der Waals surface area contributed by atoms with E-state index in [0.717, 1.165) is 25.7 Å². The molecule has 3 aliphatic rings. The number of nitrogens with zero attached hydrogens (tertiary/aromatic N) is 4. The Labute approximate surface area is 230 Å². The van der Waals surface area contributed by atoms with Gasteiger partial charge in [0.15, 0.2) is 23.6 Å². The van der Waals surface area contributed by atoms with Crippen LogP contribution >= 0.6 is 23.4 Å². The summed E-state index contributed by atoms with van der Waals surface area (Å²) in [6.07, 6.45) is -1.19. The predicted molar refractivity (Wildman–Crippen MR) is 135 cm³/mol. The molecule has 2 saturated carbocycles. The molecule has 3 N–H and O–H groups in total. The van der Waals surface area contributed by atoms with Crippen molar-refractivity contribution in [1.29, 1.82) is 0 Å². The van der Waals surface area contributed by atoms with Crippen molar-refractivity contribution in [2.75, 3.05) is 0 Å². The number of fused-ring (bicyclic) bond motifs is 2. The topological polar surface area (TPSA) is 157 Å². The second-order valence-electron chi connectivity index (χ2n) is 10.0. The van der Waals surface area contributed by atoms with Gasteiger partial charge in [-0.3, -0.25) is 4.57 Å². The quantitative estimate of drug-likeness (QED) is 0.195. The number of rotatable bonds is 9. The van der Waals surface area contributed by atoms with E-state index in [1.807, 2.05) is 0 Å². The minimum absolute atomic E-state index is 0.0446. The zero-order valence-electron chi connectivity index (χ0n) is 20.3. The molecule has 3 aromatic rings. The van der Waals surface area contributed by atoms with E-state index in [9.17, 15) is 24.9 Å². The van der Waals surface area contributed by atoms with Crippen LogP contribution in [-0.2, 0) is 25.5 Å². The number of hydrogen-bond donors (Lipinski definition) is 3. The van der Waals surface area contributed by atoms with Crippen molar-refractivity contribution >= 4 is 46.5 Å². The molecule has 1 unspecified atom stereocenters. The molecule has 0 bridgehead atoms. The standard InChI is InChI=1S/C25H24ClFN4O7S/c26-23-29-18-14(19(30-23)39-13-8-4-5-9-13)28-11-31(18)20-15(27)25(36)16(37-20)17(25)38-24(21(32)33,22(34)35)10-12-6-2-1-3-7-12/h1-3,6-7,11,13,15-17,20,36H,4-5,8-10H2,(H,32,33)(H,34,35)/t15-,16-,17?,20-,25+/m1/s1. The number of alkyl halides is 1. The summed E-state index contributed by atoms with van der Waals surface area (Å²) in [6, 6.07) is 8.03. The Balaban J connectivity index is 1.25. The second kappa shape index (κ2) is 9.66. The summed E-state index contributed by atoms with van der Waals surface area (Å²) >= 11 is 7.72. The minimum Gasteiger partial charge on any atom is -0.479 e. The molecule has 0 amide bonds. The van der Waals surface area contributed by atoms with E-state index in [1.165, 1.54) is 10.9 Å². The zero-order chi connectivity index (χ0) is 27.5. The maximum Gasteiger partial charge on any atom is 0.348 e. The fraction of sp³-hybridized carbons (Fsp3) is 0.480. The highest BCUT2D eigenvalue weighted by atomic mass is 35.5. The molecule has 39 heavy (non-hydrogen) atoms. The van der Waals surface area contributed by atoms with Gasteiger partial charge in [0.2, 0.25) is 5.28 Å². The molecule has 6 rings (SSSR count). The molecule has 3 heterocycles. The average Bonchev–Trinajstić information content (AvgIpc) is 3.37. The number of aromatic nitrogens is 4. The van der Waals surface area contributed by atoms with E-state index in [2.05, 4.69) is 15.0 Å². The van der Waals surface area contributed by atoms with Gasteiger partial charge in [0.25, 0.3) is 5.60 Å². The highest BCUT2D eigenvalue weighted by molar-refractivity contribution is 8.00. The Morgan fingerprint density at radius 2 is 1.90 bits per heavy atom. The van der Waals surface area contributed by atoms with Crippen molar-refractivity contribution in [1.82, 2.24) is 19.5 Å². The van der Waals surface area contributed by atoms with E-state index in [0.29, 0.717) is 21.4 Å². The van der Waals surface area contributed by atoms with Crippen LogP contribution in [0.4, 0.5) is 4.39 Å². The van der Waals surface area contributed by atoms with Gasteiger partial charge in [-0.1, -0.05) is 43.2 Å². The van der Waals surface area contributed by atoms with Crippen LogP contribution in [0.3, 0.4) is 0 Å². The van der Waals surface area contributed by atoms with E-state index in [1.54, 1.807) is 42.1 Å². The van der Waals surface area contributed by atoms with Gasteiger partial charge in [-0.05, 0) is 30.0 Å². The summed E-state index contributed by atoms with van der Waals surface area (Å²) in [5.74, 6) is -3.56. The number of carboxylic acids is 2. The number of halogens is 2. The van der Waals surface area contributed by atoms with Crippen molar-refractivity contribution in [2.45, 2.75) is 78.2 Å². The molecule has 1 aliphatic heterocycles. The van der Waals surface area contributed by atoms with E-state index < -0.39 is 54.2 Å². The van der Waals surface area contributed by atoms with Crippen LogP contribution < -0.4 is 0 Å². The van der Waals surface area contributed by atoms with Crippen LogP contribution in [0, 0.1) is 0 Å². The monoisotopic (exact) mass is 578 g/mol. The summed E-state index contributed by atoms with van der Waals surface area (Å²) in [5, 5.41) is 31.7. The Morgan fingerprint density at radius 3 is 2.51 bits per heavy atom. The molecule has 2 aromatic heterocycles. The normalized spacial score (nSPS) is 28.6. The van der Waals surface area contributed by atoms with Crippen molar-refractivity contribution in [3.63, 3.8) is 0 Å². The van der Waals surface area contributed by atoms with Crippen LogP contribution in [0.25, 0.3) is 11.2 Å². The highest BCUT2D eigenvalue weighted by Gasteiger charge is 2.80. The highest BCUT2D eigenvalue weighted by Crippen LogP contribution is 2.58. The van der Waals surface area contributed by atoms with Gasteiger partial charge < -0.3 is 24.8 Å². The molecule has 11 nitrogen and oxygen atoms in total. The Morgan fingerprint density at radius 1 is 1.21 bits per heavy atom. The third kappa shape index (κ3) is 4.27. The predicted octanol–water partition coefficient (Wildman–Crippen LogP) is 3.03. The maximum absolute atomic E-state index is 15.8. The number of carboxylic acid groups (broad SMARTS) is 2. The van der Waals surface area contributed by atoms with Crippen molar-refractivity contribution in [2.24, 2.45) is 0 Å². The molecule has 206 valence electrons. The maximum atomic E-state index is 15.8. The molecule has 2 aliphatic carbocycles. The third-order valence-electron chi connectivity index (χ3n) is 7.59. The van der Waals surface area contributed by atoms with Crippen LogP contribution in [0.15, 0.2) is 41.7 Å². The zero-order valence-corrected chi connectivity index (χ0v) is 21.9. The lowest BCUT2D eigenvalue weighted by atomic mass is 9.94. The molecule has 3 fully saturated rings. The smallest absolute Gasteiger partial charge is 0.348 e. The van der Waals surface area contributed by atoms with Crippen LogP contribution in [0.5, 0.6) is 0 Å². The number of thioether (sulfide) groups is 1. The fourth-order valence-electron chi connectivity index (χ4n) is 5.42. The molecule has 14 heteroatoms. The lowest BCUT2D eigenvalue weighted by Gasteiger charge is -2.28. The van der Waals surface area contributed by atoms with Gasteiger partial charge in [-0.2, -0.15) is 4.98 Å². The minimum atomic E-state index is -2.76. The van der Waals surface area contributed by atoms with Gasteiger partial charge in [0.1, 0.15) is 22.8 Å². The summed E-state index contributed by atoms with van der Waals surface area (Å²) < 4.78 is 28.4. The molecular weight excluding hydrogens is 555 g/mol. The summed E-state index contributed by atoms with van der Waals surface area (Å²) in [5.41, 5.74) is -4.01. The first-order valence-electron chi connectivity index (χ1n) is 12.4. The molecule has 1 saturated heterocycles.